The van der Waals surface area contributed by atoms with Crippen molar-refractivity contribution in [1.29, 1.82) is 0 Å². The number of rotatable bonds is 8. The van der Waals surface area contributed by atoms with Crippen LogP contribution in [-0.2, 0) is 4.79 Å². The standard InChI is InChI=1S/C16H24N2O4S/c1-11(2)17-16(20)18-15(19)12(3)23-10-9-22-14-7-5-13(21-4)6-8-14/h5-8,11-12H,9-10H2,1-4H3,(H2,17,18,19,20)/t12-/m0/s1. The maximum absolute atomic E-state index is 11.8. The molecule has 0 saturated carbocycles. The molecule has 7 heteroatoms. The lowest BCUT2D eigenvalue weighted by Gasteiger charge is -2.13. The predicted molar refractivity (Wildman–Crippen MR) is 92.2 cm³/mol. The minimum Gasteiger partial charge on any atom is -0.497 e. The molecule has 0 spiro atoms. The van der Waals surface area contributed by atoms with E-state index >= 15 is 0 Å². The molecular formula is C16H24N2O4S. The van der Waals surface area contributed by atoms with Gasteiger partial charge in [-0.05, 0) is 45.0 Å². The van der Waals surface area contributed by atoms with Gasteiger partial charge in [0, 0.05) is 11.8 Å². The summed E-state index contributed by atoms with van der Waals surface area (Å²) in [5.41, 5.74) is 0. The van der Waals surface area contributed by atoms with E-state index < -0.39 is 6.03 Å². The summed E-state index contributed by atoms with van der Waals surface area (Å²) in [4.78, 5) is 23.3. The van der Waals surface area contributed by atoms with Gasteiger partial charge in [0.05, 0.1) is 19.0 Å². The first kappa shape index (κ1) is 19.2. The normalized spacial score (nSPS) is 11.7. The molecule has 1 aromatic carbocycles. The molecule has 1 aromatic rings. The van der Waals surface area contributed by atoms with Crippen molar-refractivity contribution in [2.75, 3.05) is 19.5 Å². The highest BCUT2D eigenvalue weighted by atomic mass is 32.2. The summed E-state index contributed by atoms with van der Waals surface area (Å²) in [5, 5.41) is 4.60. The van der Waals surface area contributed by atoms with Gasteiger partial charge in [-0.2, -0.15) is 0 Å². The number of ether oxygens (including phenoxy) is 2. The minimum atomic E-state index is -0.466. The van der Waals surface area contributed by atoms with Crippen LogP contribution in [0.2, 0.25) is 0 Å². The van der Waals surface area contributed by atoms with Gasteiger partial charge < -0.3 is 14.8 Å². The molecule has 0 bridgehead atoms. The summed E-state index contributed by atoms with van der Waals surface area (Å²) in [5.74, 6) is 1.86. The Balaban J connectivity index is 2.23. The van der Waals surface area contributed by atoms with Crippen molar-refractivity contribution in [2.45, 2.75) is 32.1 Å². The van der Waals surface area contributed by atoms with Gasteiger partial charge in [0.2, 0.25) is 5.91 Å². The van der Waals surface area contributed by atoms with E-state index in [0.29, 0.717) is 12.4 Å². The Morgan fingerprint density at radius 1 is 1.13 bits per heavy atom. The average Bonchev–Trinajstić information content (AvgIpc) is 2.50. The third-order valence-corrected chi connectivity index (χ3v) is 3.92. The van der Waals surface area contributed by atoms with Gasteiger partial charge in [0.25, 0.3) is 0 Å². The van der Waals surface area contributed by atoms with Gasteiger partial charge in [-0.15, -0.1) is 11.8 Å². The molecule has 0 aliphatic rings. The number of methoxy groups -OCH3 is 1. The van der Waals surface area contributed by atoms with Crippen LogP contribution in [0.25, 0.3) is 0 Å². The van der Waals surface area contributed by atoms with Crippen LogP contribution in [0.1, 0.15) is 20.8 Å². The van der Waals surface area contributed by atoms with Gasteiger partial charge in [0.15, 0.2) is 0 Å². The lowest BCUT2D eigenvalue weighted by Crippen LogP contribution is -2.45. The molecule has 2 N–H and O–H groups in total. The summed E-state index contributed by atoms with van der Waals surface area (Å²) < 4.78 is 10.7. The van der Waals surface area contributed by atoms with Crippen molar-refractivity contribution >= 4 is 23.7 Å². The molecule has 1 atom stereocenters. The number of benzene rings is 1. The largest absolute Gasteiger partial charge is 0.497 e. The minimum absolute atomic E-state index is 0.0105. The number of hydrogen-bond acceptors (Lipinski definition) is 5. The molecule has 0 saturated heterocycles. The van der Waals surface area contributed by atoms with Crippen molar-refractivity contribution < 1.29 is 19.1 Å². The zero-order chi connectivity index (χ0) is 17.2. The molecule has 0 aliphatic heterocycles. The van der Waals surface area contributed by atoms with Crippen LogP contribution in [-0.4, -0.2) is 42.7 Å². The second kappa shape index (κ2) is 9.99. The van der Waals surface area contributed by atoms with Crippen LogP contribution in [0.3, 0.4) is 0 Å². The molecule has 23 heavy (non-hydrogen) atoms. The first-order valence-electron chi connectivity index (χ1n) is 7.42. The lowest BCUT2D eigenvalue weighted by molar-refractivity contribution is -0.119. The van der Waals surface area contributed by atoms with E-state index in [4.69, 9.17) is 9.47 Å². The number of carbonyl (C=O) groups excluding carboxylic acids is 2. The summed E-state index contributed by atoms with van der Waals surface area (Å²) in [6.45, 7) is 5.90. The topological polar surface area (TPSA) is 76.7 Å². The Morgan fingerprint density at radius 3 is 2.30 bits per heavy atom. The van der Waals surface area contributed by atoms with Gasteiger partial charge in [0.1, 0.15) is 11.5 Å². The van der Waals surface area contributed by atoms with Crippen LogP contribution in [0.5, 0.6) is 11.5 Å². The number of amides is 3. The molecule has 0 heterocycles. The third kappa shape index (κ3) is 7.78. The van der Waals surface area contributed by atoms with Gasteiger partial charge >= 0.3 is 6.03 Å². The fourth-order valence-corrected chi connectivity index (χ4v) is 2.39. The van der Waals surface area contributed by atoms with Crippen molar-refractivity contribution in [2.24, 2.45) is 0 Å². The van der Waals surface area contributed by atoms with Crippen LogP contribution >= 0.6 is 11.8 Å². The van der Waals surface area contributed by atoms with E-state index in [0.717, 1.165) is 11.5 Å². The Hall–Kier alpha value is -1.89. The van der Waals surface area contributed by atoms with E-state index in [-0.39, 0.29) is 17.2 Å². The highest BCUT2D eigenvalue weighted by Gasteiger charge is 2.16. The molecule has 0 fully saturated rings. The van der Waals surface area contributed by atoms with Crippen LogP contribution in [0.15, 0.2) is 24.3 Å². The Morgan fingerprint density at radius 2 is 1.74 bits per heavy atom. The maximum atomic E-state index is 11.8. The van der Waals surface area contributed by atoms with Crippen LogP contribution < -0.4 is 20.1 Å². The SMILES string of the molecule is COc1ccc(OCCS[C@@H](C)C(=O)NC(=O)NC(C)C)cc1. The first-order chi connectivity index (χ1) is 10.9. The number of urea groups is 1. The van der Waals surface area contributed by atoms with E-state index in [1.807, 2.05) is 38.1 Å². The molecule has 0 radical (unpaired) electrons. The summed E-state index contributed by atoms with van der Waals surface area (Å²) in [6.07, 6.45) is 0. The van der Waals surface area contributed by atoms with Gasteiger partial charge in [-0.1, -0.05) is 0 Å². The highest BCUT2D eigenvalue weighted by Crippen LogP contribution is 2.17. The summed E-state index contributed by atoms with van der Waals surface area (Å²) >= 11 is 1.43. The molecule has 0 unspecified atom stereocenters. The van der Waals surface area contributed by atoms with Crippen molar-refractivity contribution in [1.82, 2.24) is 10.6 Å². The Bertz CT molecular complexity index is 505. The molecule has 6 nitrogen and oxygen atoms in total. The zero-order valence-corrected chi connectivity index (χ0v) is 14.7. The maximum Gasteiger partial charge on any atom is 0.321 e. The summed E-state index contributed by atoms with van der Waals surface area (Å²) in [6, 6.07) is 6.83. The number of imide groups is 1. The van der Waals surface area contributed by atoms with Crippen LogP contribution in [0, 0.1) is 0 Å². The summed E-state index contributed by atoms with van der Waals surface area (Å²) in [7, 11) is 1.61. The van der Waals surface area contributed by atoms with E-state index in [9.17, 15) is 9.59 Å². The first-order valence-corrected chi connectivity index (χ1v) is 8.47. The van der Waals surface area contributed by atoms with Gasteiger partial charge in [-0.25, -0.2) is 4.79 Å². The Kier molecular flexibility index (Phi) is 8.32. The quantitative estimate of drug-likeness (QED) is 0.711. The lowest BCUT2D eigenvalue weighted by atomic mass is 10.3. The fourth-order valence-electron chi connectivity index (χ4n) is 1.64. The average molecular weight is 340 g/mol. The molecule has 128 valence electrons. The monoisotopic (exact) mass is 340 g/mol. The highest BCUT2D eigenvalue weighted by molar-refractivity contribution is 8.00. The number of thioether (sulfide) groups is 1. The second-order valence-corrected chi connectivity index (χ2v) is 6.60. The predicted octanol–water partition coefficient (Wildman–Crippen LogP) is 2.43. The molecule has 0 aromatic heterocycles. The third-order valence-electron chi connectivity index (χ3n) is 2.81. The number of hydrogen-bond donors (Lipinski definition) is 2. The van der Waals surface area contributed by atoms with E-state index in [1.165, 1.54) is 11.8 Å². The number of nitrogens with one attached hydrogen (secondary N) is 2. The zero-order valence-electron chi connectivity index (χ0n) is 13.9. The van der Waals surface area contributed by atoms with Gasteiger partial charge in [-0.3, -0.25) is 10.1 Å². The fraction of sp³-hybridized carbons (Fsp3) is 0.500. The second-order valence-electron chi connectivity index (χ2n) is 5.15. The van der Waals surface area contributed by atoms with Crippen molar-refractivity contribution in [3.8, 4) is 11.5 Å². The molecule has 1 rings (SSSR count). The van der Waals surface area contributed by atoms with Crippen LogP contribution in [0.4, 0.5) is 4.79 Å². The molecule has 3 amide bonds. The number of carbonyl (C=O) groups is 2. The van der Waals surface area contributed by atoms with E-state index in [2.05, 4.69) is 10.6 Å². The van der Waals surface area contributed by atoms with Crippen molar-refractivity contribution in [3.63, 3.8) is 0 Å². The smallest absolute Gasteiger partial charge is 0.321 e. The molecule has 0 aliphatic carbocycles. The Labute approximate surface area is 141 Å². The molecular weight excluding hydrogens is 316 g/mol. The van der Waals surface area contributed by atoms with Crippen molar-refractivity contribution in [3.05, 3.63) is 24.3 Å². The van der Waals surface area contributed by atoms with E-state index in [1.54, 1.807) is 14.0 Å².